The number of rotatable bonds is 6. The number of nitrogens with zero attached hydrogens (tertiary/aromatic N) is 2. The summed E-state index contributed by atoms with van der Waals surface area (Å²) in [7, 11) is 3.94. The van der Waals surface area contributed by atoms with Gasteiger partial charge in [-0.3, -0.25) is 4.79 Å². The largest absolute Gasteiger partial charge is 0.353 e. The molecular weight excluding hydrogens is 202 g/mol. The minimum Gasteiger partial charge on any atom is -0.353 e. The standard InChI is InChI=1S/C12H23N3O/c1-6-7-10(8-13)11(16)14-9-12(2,3)15(4)5/h10H,6-7,9H2,1-5H3,(H,14,16). The van der Waals surface area contributed by atoms with Crippen molar-refractivity contribution in [1.29, 1.82) is 5.26 Å². The molecular formula is C12H23N3O. The Labute approximate surface area is 98.6 Å². The van der Waals surface area contributed by atoms with E-state index in [-0.39, 0.29) is 11.4 Å². The van der Waals surface area contributed by atoms with Gasteiger partial charge in [-0.15, -0.1) is 0 Å². The molecule has 1 N–H and O–H groups in total. The number of hydrogen-bond donors (Lipinski definition) is 1. The Bertz CT molecular complexity index is 266. The van der Waals surface area contributed by atoms with E-state index in [0.29, 0.717) is 13.0 Å². The van der Waals surface area contributed by atoms with E-state index >= 15 is 0 Å². The van der Waals surface area contributed by atoms with Crippen LogP contribution in [0.3, 0.4) is 0 Å². The zero-order chi connectivity index (χ0) is 12.8. The lowest BCUT2D eigenvalue weighted by Gasteiger charge is -2.32. The highest BCUT2D eigenvalue weighted by Crippen LogP contribution is 2.09. The lowest BCUT2D eigenvalue weighted by molar-refractivity contribution is -0.124. The highest BCUT2D eigenvalue weighted by molar-refractivity contribution is 5.81. The molecule has 0 aromatic heterocycles. The first-order valence-corrected chi connectivity index (χ1v) is 5.70. The molecule has 0 heterocycles. The predicted molar refractivity (Wildman–Crippen MR) is 64.8 cm³/mol. The highest BCUT2D eigenvalue weighted by Gasteiger charge is 2.23. The molecule has 0 radical (unpaired) electrons. The summed E-state index contributed by atoms with van der Waals surface area (Å²) in [5, 5.41) is 11.7. The molecule has 1 amide bonds. The maximum atomic E-state index is 11.7. The zero-order valence-electron chi connectivity index (χ0n) is 11.0. The Morgan fingerprint density at radius 3 is 2.44 bits per heavy atom. The van der Waals surface area contributed by atoms with E-state index < -0.39 is 5.92 Å². The number of carbonyl (C=O) groups is 1. The molecule has 4 nitrogen and oxygen atoms in total. The summed E-state index contributed by atoms with van der Waals surface area (Å²) in [6.07, 6.45) is 1.48. The maximum Gasteiger partial charge on any atom is 0.237 e. The topological polar surface area (TPSA) is 56.1 Å². The van der Waals surface area contributed by atoms with E-state index in [1.54, 1.807) is 0 Å². The zero-order valence-corrected chi connectivity index (χ0v) is 11.0. The van der Waals surface area contributed by atoms with Crippen LogP contribution < -0.4 is 5.32 Å². The molecule has 0 aliphatic carbocycles. The van der Waals surface area contributed by atoms with Crippen molar-refractivity contribution in [2.45, 2.75) is 39.2 Å². The molecule has 0 aromatic rings. The average Bonchev–Trinajstić information content (AvgIpc) is 2.22. The van der Waals surface area contributed by atoms with Crippen LogP contribution in [0.1, 0.15) is 33.6 Å². The second-order valence-electron chi connectivity index (χ2n) is 4.90. The molecule has 0 bridgehead atoms. The third-order valence-corrected chi connectivity index (χ3v) is 2.96. The molecule has 0 saturated carbocycles. The molecule has 4 heteroatoms. The van der Waals surface area contributed by atoms with Crippen molar-refractivity contribution < 1.29 is 4.79 Å². The van der Waals surface area contributed by atoms with Crippen molar-refractivity contribution in [3.8, 4) is 6.07 Å². The van der Waals surface area contributed by atoms with Crippen molar-refractivity contribution >= 4 is 5.91 Å². The smallest absolute Gasteiger partial charge is 0.237 e. The molecule has 0 aliphatic rings. The van der Waals surface area contributed by atoms with Gasteiger partial charge < -0.3 is 10.2 Å². The Balaban J connectivity index is 4.21. The number of amides is 1. The summed E-state index contributed by atoms with van der Waals surface area (Å²) in [5.41, 5.74) is -0.0954. The lowest BCUT2D eigenvalue weighted by Crippen LogP contribution is -2.49. The van der Waals surface area contributed by atoms with E-state index in [0.717, 1.165) is 6.42 Å². The summed E-state index contributed by atoms with van der Waals surface area (Å²) >= 11 is 0. The van der Waals surface area contributed by atoms with E-state index in [4.69, 9.17) is 5.26 Å². The molecule has 92 valence electrons. The minimum absolute atomic E-state index is 0.0954. The van der Waals surface area contributed by atoms with Gasteiger partial charge in [0.05, 0.1) is 6.07 Å². The number of hydrogen-bond acceptors (Lipinski definition) is 3. The third kappa shape index (κ3) is 4.63. The number of nitrogens with one attached hydrogen (secondary N) is 1. The van der Waals surface area contributed by atoms with Crippen LogP contribution in [0.25, 0.3) is 0 Å². The van der Waals surface area contributed by atoms with Crippen LogP contribution in [-0.4, -0.2) is 37.0 Å². The maximum absolute atomic E-state index is 11.7. The quantitative estimate of drug-likeness (QED) is 0.743. The minimum atomic E-state index is -0.511. The monoisotopic (exact) mass is 225 g/mol. The number of likely N-dealkylation sites (N-methyl/N-ethyl adjacent to an activating group) is 1. The predicted octanol–water partition coefficient (Wildman–Crippen LogP) is 1.38. The summed E-state index contributed by atoms with van der Waals surface area (Å²) in [6, 6.07) is 2.04. The summed E-state index contributed by atoms with van der Waals surface area (Å²) in [6.45, 7) is 6.63. The van der Waals surface area contributed by atoms with Gasteiger partial charge in [0, 0.05) is 12.1 Å². The molecule has 0 aromatic carbocycles. The van der Waals surface area contributed by atoms with Gasteiger partial charge in [0.2, 0.25) is 5.91 Å². The van der Waals surface area contributed by atoms with Crippen molar-refractivity contribution in [2.24, 2.45) is 5.92 Å². The van der Waals surface area contributed by atoms with Crippen LogP contribution in [-0.2, 0) is 4.79 Å². The summed E-state index contributed by atoms with van der Waals surface area (Å²) in [5.74, 6) is -0.665. The van der Waals surface area contributed by atoms with Gasteiger partial charge in [-0.05, 0) is 34.4 Å². The van der Waals surface area contributed by atoms with E-state index in [1.807, 2.05) is 27.1 Å². The van der Waals surface area contributed by atoms with Gasteiger partial charge in [0.15, 0.2) is 0 Å². The van der Waals surface area contributed by atoms with Crippen LogP contribution in [0.4, 0.5) is 0 Å². The van der Waals surface area contributed by atoms with Gasteiger partial charge >= 0.3 is 0 Å². The molecule has 0 saturated heterocycles. The van der Waals surface area contributed by atoms with Gasteiger partial charge in [0.25, 0.3) is 0 Å². The van der Waals surface area contributed by atoms with E-state index in [9.17, 15) is 4.79 Å². The van der Waals surface area contributed by atoms with Crippen LogP contribution >= 0.6 is 0 Å². The van der Waals surface area contributed by atoms with Crippen LogP contribution in [0.5, 0.6) is 0 Å². The number of carbonyl (C=O) groups excluding carboxylic acids is 1. The average molecular weight is 225 g/mol. The molecule has 0 fully saturated rings. The third-order valence-electron chi connectivity index (χ3n) is 2.96. The highest BCUT2D eigenvalue weighted by atomic mass is 16.1. The molecule has 0 rings (SSSR count). The first kappa shape index (κ1) is 14.9. The van der Waals surface area contributed by atoms with Crippen molar-refractivity contribution in [3.05, 3.63) is 0 Å². The van der Waals surface area contributed by atoms with Crippen molar-refractivity contribution in [2.75, 3.05) is 20.6 Å². The van der Waals surface area contributed by atoms with E-state index in [1.165, 1.54) is 0 Å². The first-order chi connectivity index (χ1) is 7.35. The van der Waals surface area contributed by atoms with E-state index in [2.05, 4.69) is 24.1 Å². The SMILES string of the molecule is CCCC(C#N)C(=O)NCC(C)(C)N(C)C. The summed E-state index contributed by atoms with van der Waals surface area (Å²) in [4.78, 5) is 13.7. The van der Waals surface area contributed by atoms with Crippen LogP contribution in [0.15, 0.2) is 0 Å². The molecule has 1 unspecified atom stereocenters. The van der Waals surface area contributed by atoms with Crippen molar-refractivity contribution in [3.63, 3.8) is 0 Å². The Hall–Kier alpha value is -1.08. The Morgan fingerprint density at radius 1 is 1.50 bits per heavy atom. The fourth-order valence-corrected chi connectivity index (χ4v) is 1.13. The summed E-state index contributed by atoms with van der Waals surface area (Å²) < 4.78 is 0. The second kappa shape index (κ2) is 6.49. The molecule has 16 heavy (non-hydrogen) atoms. The second-order valence-corrected chi connectivity index (χ2v) is 4.90. The Morgan fingerprint density at radius 2 is 2.06 bits per heavy atom. The lowest BCUT2D eigenvalue weighted by atomic mass is 10.0. The van der Waals surface area contributed by atoms with Gasteiger partial charge in [0.1, 0.15) is 5.92 Å². The molecule has 0 spiro atoms. The van der Waals surface area contributed by atoms with Gasteiger partial charge in [-0.25, -0.2) is 0 Å². The first-order valence-electron chi connectivity index (χ1n) is 5.70. The fraction of sp³-hybridized carbons (Fsp3) is 0.833. The normalized spacial score (nSPS) is 13.3. The van der Waals surface area contributed by atoms with Crippen LogP contribution in [0.2, 0.25) is 0 Å². The van der Waals surface area contributed by atoms with Gasteiger partial charge in [-0.2, -0.15) is 5.26 Å². The van der Waals surface area contributed by atoms with Crippen LogP contribution in [0, 0.1) is 17.2 Å². The fourth-order valence-electron chi connectivity index (χ4n) is 1.13. The number of nitriles is 1. The molecule has 1 atom stereocenters. The van der Waals surface area contributed by atoms with Gasteiger partial charge in [-0.1, -0.05) is 13.3 Å². The van der Waals surface area contributed by atoms with Crippen molar-refractivity contribution in [1.82, 2.24) is 10.2 Å². The Kier molecular flexibility index (Phi) is 6.05. The molecule has 0 aliphatic heterocycles.